The first kappa shape index (κ1) is 22.2. The van der Waals surface area contributed by atoms with E-state index in [9.17, 15) is 14.4 Å². The molecule has 0 unspecified atom stereocenters. The van der Waals surface area contributed by atoms with Crippen LogP contribution in [0.3, 0.4) is 0 Å². The fourth-order valence-corrected chi connectivity index (χ4v) is 3.23. The first-order valence-corrected chi connectivity index (χ1v) is 9.71. The summed E-state index contributed by atoms with van der Waals surface area (Å²) in [6.45, 7) is 1.45. The van der Waals surface area contributed by atoms with E-state index < -0.39 is 24.1 Å². The number of carbonyl (C=O) groups excluding carboxylic acids is 2. The van der Waals surface area contributed by atoms with Crippen LogP contribution in [0.5, 0.6) is 11.5 Å². The van der Waals surface area contributed by atoms with Crippen LogP contribution < -0.4 is 20.8 Å². The van der Waals surface area contributed by atoms with Crippen molar-refractivity contribution in [2.75, 3.05) is 13.7 Å². The third kappa shape index (κ3) is 5.16. The van der Waals surface area contributed by atoms with E-state index in [0.29, 0.717) is 16.5 Å². The van der Waals surface area contributed by atoms with E-state index in [4.69, 9.17) is 36.0 Å². The monoisotopic (exact) mass is 445 g/mol. The molecule has 162 valence electrons. The Hall–Kier alpha value is -3.52. The number of aryl methyl sites for hydroxylation is 1. The van der Waals surface area contributed by atoms with Crippen LogP contribution in [0.15, 0.2) is 45.6 Å². The summed E-state index contributed by atoms with van der Waals surface area (Å²) in [7, 11) is 1.36. The zero-order valence-corrected chi connectivity index (χ0v) is 17.7. The second-order valence-electron chi connectivity index (χ2n) is 6.60. The summed E-state index contributed by atoms with van der Waals surface area (Å²) in [5, 5.41) is 0.723. The van der Waals surface area contributed by atoms with Gasteiger partial charge in [-0.15, -0.1) is 0 Å². The molecule has 8 nitrogen and oxygen atoms in total. The molecule has 0 fully saturated rings. The summed E-state index contributed by atoms with van der Waals surface area (Å²) in [5.74, 6) is -1.16. The van der Waals surface area contributed by atoms with Gasteiger partial charge in [0.1, 0.15) is 12.2 Å². The Morgan fingerprint density at radius 2 is 1.94 bits per heavy atom. The second-order valence-corrected chi connectivity index (χ2v) is 7.00. The van der Waals surface area contributed by atoms with E-state index in [2.05, 4.69) is 0 Å². The highest BCUT2D eigenvalue weighted by molar-refractivity contribution is 6.32. The summed E-state index contributed by atoms with van der Waals surface area (Å²) in [4.78, 5) is 35.4. The zero-order chi connectivity index (χ0) is 22.5. The number of carbonyl (C=O) groups is 2. The van der Waals surface area contributed by atoms with Gasteiger partial charge in [0.15, 0.2) is 18.1 Å². The summed E-state index contributed by atoms with van der Waals surface area (Å²) in [6, 6.07) is 9.52. The summed E-state index contributed by atoms with van der Waals surface area (Å²) in [6.07, 6.45) is 0.792. The maximum atomic E-state index is 12.6. The minimum atomic E-state index is -0.688. The number of methoxy groups -OCH3 is 1. The average Bonchev–Trinajstić information content (AvgIpc) is 2.74. The molecule has 0 saturated carbocycles. The molecule has 0 aliphatic heterocycles. The van der Waals surface area contributed by atoms with E-state index in [1.807, 2.05) is 19.1 Å². The van der Waals surface area contributed by atoms with Crippen LogP contribution in [-0.4, -0.2) is 25.6 Å². The SMILES string of the molecule is CCc1ccc2c(COC(=O)c3cc(Cl)c(OCC(N)=O)c(OC)c3)cc(=O)oc2c1. The number of primary amides is 1. The van der Waals surface area contributed by atoms with Gasteiger partial charge >= 0.3 is 11.6 Å². The number of ether oxygens (including phenoxy) is 3. The lowest BCUT2D eigenvalue weighted by atomic mass is 10.1. The number of amides is 1. The van der Waals surface area contributed by atoms with Crippen LogP contribution >= 0.6 is 11.6 Å². The Balaban J connectivity index is 1.83. The lowest BCUT2D eigenvalue weighted by Gasteiger charge is -2.13. The van der Waals surface area contributed by atoms with Crippen LogP contribution in [0.25, 0.3) is 11.0 Å². The number of nitrogens with two attached hydrogens (primary N) is 1. The molecule has 9 heteroatoms. The largest absolute Gasteiger partial charge is 0.493 e. The van der Waals surface area contributed by atoms with Crippen molar-refractivity contribution in [2.45, 2.75) is 20.0 Å². The van der Waals surface area contributed by atoms with Crippen molar-refractivity contribution < 1.29 is 28.2 Å². The van der Waals surface area contributed by atoms with E-state index >= 15 is 0 Å². The summed E-state index contributed by atoms with van der Waals surface area (Å²) >= 11 is 6.17. The van der Waals surface area contributed by atoms with Crippen LogP contribution in [0, 0.1) is 0 Å². The van der Waals surface area contributed by atoms with Gasteiger partial charge in [-0.3, -0.25) is 4.79 Å². The normalized spacial score (nSPS) is 10.7. The maximum absolute atomic E-state index is 12.6. The number of halogens is 1. The molecule has 31 heavy (non-hydrogen) atoms. The Morgan fingerprint density at radius 3 is 2.61 bits per heavy atom. The van der Waals surface area contributed by atoms with E-state index in [0.717, 1.165) is 12.0 Å². The number of fused-ring (bicyclic) bond motifs is 1. The lowest BCUT2D eigenvalue weighted by molar-refractivity contribution is -0.119. The topological polar surface area (TPSA) is 118 Å². The van der Waals surface area contributed by atoms with Gasteiger partial charge in [-0.2, -0.15) is 0 Å². The van der Waals surface area contributed by atoms with Crippen molar-refractivity contribution in [3.63, 3.8) is 0 Å². The van der Waals surface area contributed by atoms with Crippen molar-refractivity contribution in [3.8, 4) is 11.5 Å². The van der Waals surface area contributed by atoms with Crippen LogP contribution in [0.4, 0.5) is 0 Å². The van der Waals surface area contributed by atoms with E-state index in [-0.39, 0.29) is 28.7 Å². The first-order valence-electron chi connectivity index (χ1n) is 9.33. The molecular weight excluding hydrogens is 426 g/mol. The standard InChI is InChI=1S/C22H20ClNO7/c1-3-12-4-5-15-14(9-20(26)31-17(15)6-12)10-30-22(27)13-7-16(23)21(18(8-13)28-2)29-11-19(24)25/h4-9H,3,10-11H2,1-2H3,(H2,24,25). The van der Waals surface area contributed by atoms with Gasteiger partial charge in [0.05, 0.1) is 17.7 Å². The van der Waals surface area contributed by atoms with Crippen molar-refractivity contribution in [3.05, 3.63) is 68.5 Å². The minimum absolute atomic E-state index is 0.0467. The molecule has 0 atom stereocenters. The molecule has 1 amide bonds. The molecule has 0 bridgehead atoms. The van der Waals surface area contributed by atoms with Crippen LogP contribution in [-0.2, 0) is 22.6 Å². The highest BCUT2D eigenvalue weighted by Crippen LogP contribution is 2.36. The van der Waals surface area contributed by atoms with Gasteiger partial charge in [0, 0.05) is 17.0 Å². The fourth-order valence-electron chi connectivity index (χ4n) is 2.96. The molecule has 2 aromatic carbocycles. The second kappa shape index (κ2) is 9.53. The molecule has 1 aromatic heterocycles. The quantitative estimate of drug-likeness (QED) is 0.417. The maximum Gasteiger partial charge on any atom is 0.338 e. The Morgan fingerprint density at radius 1 is 1.16 bits per heavy atom. The summed E-state index contributed by atoms with van der Waals surface area (Å²) in [5.41, 5.74) is 6.60. The minimum Gasteiger partial charge on any atom is -0.493 e. The molecule has 3 aromatic rings. The predicted molar refractivity (Wildman–Crippen MR) is 114 cm³/mol. The Kier molecular flexibility index (Phi) is 6.81. The molecule has 3 rings (SSSR count). The predicted octanol–water partition coefficient (Wildman–Crippen LogP) is 3.24. The number of benzene rings is 2. The van der Waals surface area contributed by atoms with Gasteiger partial charge in [0.2, 0.25) is 0 Å². The van der Waals surface area contributed by atoms with Crippen molar-refractivity contribution in [1.82, 2.24) is 0 Å². The fraction of sp³-hybridized carbons (Fsp3) is 0.227. The van der Waals surface area contributed by atoms with Crippen molar-refractivity contribution >= 4 is 34.4 Å². The molecule has 0 radical (unpaired) electrons. The number of esters is 1. The van der Waals surface area contributed by atoms with E-state index in [1.165, 1.54) is 25.3 Å². The van der Waals surface area contributed by atoms with Crippen LogP contribution in [0.1, 0.15) is 28.4 Å². The average molecular weight is 446 g/mol. The number of rotatable bonds is 8. The van der Waals surface area contributed by atoms with Crippen molar-refractivity contribution in [1.29, 1.82) is 0 Å². The Bertz CT molecular complexity index is 1200. The van der Waals surface area contributed by atoms with Gasteiger partial charge in [-0.05, 0) is 30.2 Å². The van der Waals surface area contributed by atoms with Gasteiger partial charge in [-0.1, -0.05) is 30.7 Å². The first-order chi connectivity index (χ1) is 14.8. The molecular formula is C22H20ClNO7. The molecule has 2 N–H and O–H groups in total. The highest BCUT2D eigenvalue weighted by atomic mass is 35.5. The third-order valence-corrected chi connectivity index (χ3v) is 4.77. The van der Waals surface area contributed by atoms with Gasteiger partial charge in [0.25, 0.3) is 5.91 Å². The molecule has 1 heterocycles. The van der Waals surface area contributed by atoms with Crippen molar-refractivity contribution in [2.24, 2.45) is 5.73 Å². The zero-order valence-electron chi connectivity index (χ0n) is 16.9. The highest BCUT2D eigenvalue weighted by Gasteiger charge is 2.18. The molecule has 0 spiro atoms. The number of hydrogen-bond acceptors (Lipinski definition) is 7. The Labute approximate surface area is 182 Å². The third-order valence-electron chi connectivity index (χ3n) is 4.49. The van der Waals surface area contributed by atoms with Gasteiger partial charge < -0.3 is 24.4 Å². The lowest BCUT2D eigenvalue weighted by Crippen LogP contribution is -2.20. The molecule has 0 aliphatic carbocycles. The molecule has 0 aliphatic rings. The smallest absolute Gasteiger partial charge is 0.338 e. The molecule has 0 saturated heterocycles. The van der Waals surface area contributed by atoms with E-state index in [1.54, 1.807) is 6.07 Å². The summed E-state index contributed by atoms with van der Waals surface area (Å²) < 4.78 is 21.1. The number of hydrogen-bond donors (Lipinski definition) is 1. The van der Waals surface area contributed by atoms with Crippen LogP contribution in [0.2, 0.25) is 5.02 Å². The van der Waals surface area contributed by atoms with Gasteiger partial charge in [-0.25, -0.2) is 9.59 Å².